The van der Waals surface area contributed by atoms with Gasteiger partial charge in [0, 0.05) is 0 Å². The average molecular weight is 178 g/mol. The Labute approximate surface area is 66.4 Å². The van der Waals surface area contributed by atoms with Crippen LogP contribution in [0.25, 0.3) is 0 Å². The van der Waals surface area contributed by atoms with Crippen molar-refractivity contribution in [2.45, 2.75) is 4.21 Å². The number of rotatable bonds is 1. The highest BCUT2D eigenvalue weighted by Crippen LogP contribution is 2.55. The van der Waals surface area contributed by atoms with Crippen LogP contribution in [0.2, 0.25) is 0 Å². The second kappa shape index (κ2) is 2.56. The molecule has 0 saturated carbocycles. The summed E-state index contributed by atoms with van der Waals surface area (Å²) in [5.41, 5.74) is 0. The van der Waals surface area contributed by atoms with Crippen molar-refractivity contribution in [1.29, 1.82) is 0 Å². The zero-order valence-corrected chi connectivity index (χ0v) is 8.02. The molecule has 52 valence electrons. The molecule has 0 unspecified atom stereocenters. The van der Waals surface area contributed by atoms with E-state index < -0.39 is 9.06 Å². The van der Waals surface area contributed by atoms with Gasteiger partial charge in [-0.3, -0.25) is 0 Å². The molecule has 1 aromatic rings. The molecular formula is C6H10S3. The van der Waals surface area contributed by atoms with Gasteiger partial charge in [-0.05, 0) is 24.0 Å². The Kier molecular flexibility index (Phi) is 2.14. The van der Waals surface area contributed by atoms with E-state index in [9.17, 15) is 0 Å². The van der Waals surface area contributed by atoms with E-state index in [-0.39, 0.29) is 0 Å². The Morgan fingerprint density at radius 3 is 2.44 bits per heavy atom. The Bertz CT molecular complexity index is 171. The third-order valence-electron chi connectivity index (χ3n) is 0.987. The van der Waals surface area contributed by atoms with Gasteiger partial charge in [0.15, 0.2) is 0 Å². The fourth-order valence-electron chi connectivity index (χ4n) is 0.548. The SMILES string of the molecule is CS(C)(S)c1cccs1. The van der Waals surface area contributed by atoms with Crippen molar-refractivity contribution in [1.82, 2.24) is 0 Å². The van der Waals surface area contributed by atoms with Crippen LogP contribution in [0.4, 0.5) is 0 Å². The molecule has 0 aliphatic heterocycles. The van der Waals surface area contributed by atoms with Crippen molar-refractivity contribution >= 4 is 32.1 Å². The molecule has 0 aliphatic rings. The molecule has 0 spiro atoms. The maximum Gasteiger partial charge on any atom is 0.0509 e. The van der Waals surface area contributed by atoms with Crippen LogP contribution >= 0.6 is 32.1 Å². The molecule has 1 rings (SSSR count). The van der Waals surface area contributed by atoms with Crippen molar-refractivity contribution < 1.29 is 0 Å². The van der Waals surface area contributed by atoms with Gasteiger partial charge in [0.2, 0.25) is 0 Å². The van der Waals surface area contributed by atoms with Crippen LogP contribution < -0.4 is 0 Å². The third-order valence-corrected chi connectivity index (χ3v) is 5.27. The summed E-state index contributed by atoms with van der Waals surface area (Å²) in [5, 5.41) is 2.10. The van der Waals surface area contributed by atoms with Crippen molar-refractivity contribution in [3.63, 3.8) is 0 Å². The smallest absolute Gasteiger partial charge is 0.0509 e. The second-order valence-electron chi connectivity index (χ2n) is 2.21. The van der Waals surface area contributed by atoms with Gasteiger partial charge < -0.3 is 0 Å². The highest BCUT2D eigenvalue weighted by Gasteiger charge is 2.08. The van der Waals surface area contributed by atoms with Crippen molar-refractivity contribution in [3.8, 4) is 0 Å². The van der Waals surface area contributed by atoms with Crippen LogP contribution in [0, 0.1) is 0 Å². The molecule has 0 aromatic carbocycles. The summed E-state index contributed by atoms with van der Waals surface area (Å²) in [4.78, 5) is 0. The van der Waals surface area contributed by atoms with Crippen molar-refractivity contribution in [3.05, 3.63) is 17.5 Å². The van der Waals surface area contributed by atoms with Crippen LogP contribution in [0.15, 0.2) is 21.7 Å². The molecule has 0 bridgehead atoms. The first kappa shape index (κ1) is 7.51. The van der Waals surface area contributed by atoms with Crippen LogP contribution in [-0.2, 0) is 0 Å². The Morgan fingerprint density at radius 2 is 2.22 bits per heavy atom. The Morgan fingerprint density at radius 1 is 1.56 bits per heavy atom. The topological polar surface area (TPSA) is 0 Å². The lowest BCUT2D eigenvalue weighted by molar-refractivity contribution is 1.71. The van der Waals surface area contributed by atoms with Crippen molar-refractivity contribution in [2.75, 3.05) is 12.5 Å². The van der Waals surface area contributed by atoms with E-state index in [1.54, 1.807) is 11.3 Å². The average Bonchev–Trinajstić information content (AvgIpc) is 2.08. The minimum Gasteiger partial charge on any atom is -0.165 e. The fraction of sp³-hybridized carbons (Fsp3) is 0.333. The first-order chi connectivity index (χ1) is 4.11. The standard InChI is InChI=1S/C6H10S3/c1-9(2,7)6-4-3-5-8-6/h3-5,7H,1-2H3. The molecule has 0 aliphatic carbocycles. The summed E-state index contributed by atoms with van der Waals surface area (Å²) >= 11 is 6.29. The first-order valence-corrected chi connectivity index (χ1v) is 6.98. The van der Waals surface area contributed by atoms with Crippen LogP contribution in [0.1, 0.15) is 0 Å². The lowest BCUT2D eigenvalue weighted by Crippen LogP contribution is -1.79. The Hall–Kier alpha value is 0.400. The highest BCUT2D eigenvalue weighted by molar-refractivity contribution is 8.87. The van der Waals surface area contributed by atoms with E-state index in [2.05, 4.69) is 41.7 Å². The predicted molar refractivity (Wildman–Crippen MR) is 51.0 cm³/mol. The number of hydrogen-bond donors (Lipinski definition) is 1. The van der Waals surface area contributed by atoms with Crippen LogP contribution in [0.5, 0.6) is 0 Å². The summed E-state index contributed by atoms with van der Waals surface area (Å²) < 4.78 is 1.41. The number of thiol groups is 1. The normalized spacial score (nSPS) is 13.7. The molecule has 0 atom stereocenters. The van der Waals surface area contributed by atoms with E-state index in [0.717, 1.165) is 0 Å². The maximum absolute atomic E-state index is 4.50. The number of thiophene rings is 1. The summed E-state index contributed by atoms with van der Waals surface area (Å²) in [5.74, 6) is 0. The lowest BCUT2D eigenvalue weighted by Gasteiger charge is -2.20. The Balaban J connectivity index is 2.90. The van der Waals surface area contributed by atoms with Crippen LogP contribution in [0.3, 0.4) is 0 Å². The molecule has 1 aromatic heterocycles. The molecule has 0 fully saturated rings. The molecule has 0 amide bonds. The summed E-state index contributed by atoms with van der Waals surface area (Å²) in [7, 11) is -0.747. The van der Waals surface area contributed by atoms with Gasteiger partial charge in [0.1, 0.15) is 0 Å². The molecular weight excluding hydrogens is 168 g/mol. The van der Waals surface area contributed by atoms with E-state index in [0.29, 0.717) is 0 Å². The highest BCUT2D eigenvalue weighted by atomic mass is 33.1. The van der Waals surface area contributed by atoms with Crippen molar-refractivity contribution in [2.24, 2.45) is 0 Å². The van der Waals surface area contributed by atoms with Gasteiger partial charge >= 0.3 is 0 Å². The molecule has 0 nitrogen and oxygen atoms in total. The van der Waals surface area contributed by atoms with Gasteiger partial charge in [-0.2, -0.15) is 9.06 Å². The second-order valence-corrected chi connectivity index (χ2v) is 9.14. The van der Waals surface area contributed by atoms with Gasteiger partial charge in [-0.1, -0.05) is 6.07 Å². The number of hydrogen-bond acceptors (Lipinski definition) is 2. The molecule has 1 heterocycles. The summed E-state index contributed by atoms with van der Waals surface area (Å²) in [6, 6.07) is 4.22. The van der Waals surface area contributed by atoms with E-state index in [1.165, 1.54) is 4.21 Å². The van der Waals surface area contributed by atoms with Gasteiger partial charge in [0.05, 0.1) is 4.21 Å². The fourth-order valence-corrected chi connectivity index (χ4v) is 3.09. The van der Waals surface area contributed by atoms with Gasteiger partial charge in [0.25, 0.3) is 0 Å². The molecule has 0 radical (unpaired) electrons. The molecule has 3 heteroatoms. The molecule has 0 N–H and O–H groups in total. The predicted octanol–water partition coefficient (Wildman–Crippen LogP) is 3.02. The lowest BCUT2D eigenvalue weighted by atomic mass is 10.7. The first-order valence-electron chi connectivity index (χ1n) is 2.60. The zero-order chi connectivity index (χ0) is 6.91. The minimum absolute atomic E-state index is 0.747. The quantitative estimate of drug-likeness (QED) is 0.496. The van der Waals surface area contributed by atoms with E-state index in [1.807, 2.05) is 0 Å². The van der Waals surface area contributed by atoms with Gasteiger partial charge in [-0.25, -0.2) is 0 Å². The maximum atomic E-state index is 4.50. The summed E-state index contributed by atoms with van der Waals surface area (Å²) in [6.07, 6.45) is 4.36. The van der Waals surface area contributed by atoms with E-state index >= 15 is 0 Å². The molecule has 0 saturated heterocycles. The van der Waals surface area contributed by atoms with E-state index in [4.69, 9.17) is 0 Å². The van der Waals surface area contributed by atoms with Crippen LogP contribution in [-0.4, -0.2) is 12.5 Å². The summed E-state index contributed by atoms with van der Waals surface area (Å²) in [6.45, 7) is 0. The van der Waals surface area contributed by atoms with Gasteiger partial charge in [-0.15, -0.1) is 23.0 Å². The zero-order valence-electron chi connectivity index (χ0n) is 5.50. The minimum atomic E-state index is -0.747. The monoisotopic (exact) mass is 178 g/mol. The third kappa shape index (κ3) is 1.92. The largest absolute Gasteiger partial charge is 0.165 e. The molecule has 9 heavy (non-hydrogen) atoms.